The van der Waals surface area contributed by atoms with Crippen molar-refractivity contribution in [2.75, 3.05) is 0 Å². The van der Waals surface area contributed by atoms with Crippen molar-refractivity contribution in [3.8, 4) is 5.75 Å². The Morgan fingerprint density at radius 3 is 2.16 bits per heavy atom. The largest absolute Gasteiger partial charge is 0.573 e. The van der Waals surface area contributed by atoms with E-state index in [4.69, 9.17) is 0 Å². The summed E-state index contributed by atoms with van der Waals surface area (Å²) in [7, 11) is 0. The summed E-state index contributed by atoms with van der Waals surface area (Å²) in [4.78, 5) is 11.9. The van der Waals surface area contributed by atoms with E-state index in [1.807, 2.05) is 0 Å². The van der Waals surface area contributed by atoms with E-state index in [0.717, 1.165) is 6.92 Å². The van der Waals surface area contributed by atoms with Gasteiger partial charge < -0.3 is 4.74 Å². The molecular formula is C8H4F6N2O3. The fourth-order valence-electron chi connectivity index (χ4n) is 1.19. The van der Waals surface area contributed by atoms with Crippen LogP contribution in [0.15, 0.2) is 6.07 Å². The minimum Gasteiger partial charge on any atom is -0.396 e. The molecule has 0 radical (unpaired) electrons. The predicted molar refractivity (Wildman–Crippen MR) is 47.3 cm³/mol. The molecule has 1 heterocycles. The van der Waals surface area contributed by atoms with Crippen molar-refractivity contribution in [2.24, 2.45) is 0 Å². The van der Waals surface area contributed by atoms with Gasteiger partial charge >= 0.3 is 18.2 Å². The van der Waals surface area contributed by atoms with Crippen molar-refractivity contribution < 1.29 is 36.0 Å². The summed E-state index contributed by atoms with van der Waals surface area (Å²) in [5, 5.41) is 10.5. The van der Waals surface area contributed by atoms with E-state index in [1.54, 1.807) is 0 Å². The molecule has 0 amide bonds. The van der Waals surface area contributed by atoms with Gasteiger partial charge in [0, 0.05) is 11.8 Å². The predicted octanol–water partition coefficient (Wildman–Crippen LogP) is 3.22. The number of halogens is 6. The number of alkyl halides is 6. The van der Waals surface area contributed by atoms with Crippen molar-refractivity contribution in [3.63, 3.8) is 0 Å². The van der Waals surface area contributed by atoms with Crippen molar-refractivity contribution in [1.29, 1.82) is 0 Å². The van der Waals surface area contributed by atoms with Crippen LogP contribution in [0.25, 0.3) is 0 Å². The molecule has 0 aliphatic rings. The summed E-state index contributed by atoms with van der Waals surface area (Å²) in [6.07, 6.45) is -10.8. The maximum atomic E-state index is 12.5. The molecule has 1 rings (SSSR count). The highest BCUT2D eigenvalue weighted by Gasteiger charge is 2.45. The maximum Gasteiger partial charge on any atom is 0.573 e. The number of nitro groups is 1. The molecule has 0 saturated heterocycles. The normalized spacial score (nSPS) is 12.4. The molecule has 0 aromatic carbocycles. The smallest absolute Gasteiger partial charge is 0.396 e. The standard InChI is InChI=1S/C8H4F6N2O3/c1-3-2-4(16(17)18)5(19-8(12,13)14)6(15-3)7(9,10)11/h2H,1H3. The molecule has 0 aliphatic heterocycles. The van der Waals surface area contributed by atoms with Gasteiger partial charge in [-0.2, -0.15) is 13.2 Å². The zero-order chi connectivity index (χ0) is 15.0. The minimum absolute atomic E-state index is 0.455. The maximum absolute atomic E-state index is 12.5. The first kappa shape index (κ1) is 15.0. The Labute approximate surface area is 101 Å². The van der Waals surface area contributed by atoms with E-state index in [1.165, 1.54) is 0 Å². The van der Waals surface area contributed by atoms with Gasteiger partial charge in [0.25, 0.3) is 0 Å². The van der Waals surface area contributed by atoms with Crippen LogP contribution in [0.1, 0.15) is 11.4 Å². The van der Waals surface area contributed by atoms with Gasteiger partial charge in [0.05, 0.1) is 4.92 Å². The van der Waals surface area contributed by atoms with Crippen molar-refractivity contribution in [2.45, 2.75) is 19.5 Å². The average molecular weight is 290 g/mol. The Hall–Kier alpha value is -2.07. The molecule has 0 atom stereocenters. The highest BCUT2D eigenvalue weighted by molar-refractivity contribution is 5.51. The van der Waals surface area contributed by atoms with Gasteiger partial charge in [0.15, 0.2) is 5.69 Å². The number of hydrogen-bond acceptors (Lipinski definition) is 4. The molecule has 0 aliphatic carbocycles. The molecule has 1 aromatic rings. The highest BCUT2D eigenvalue weighted by Crippen LogP contribution is 2.42. The molecule has 5 nitrogen and oxygen atoms in total. The van der Waals surface area contributed by atoms with Crippen LogP contribution in [-0.2, 0) is 6.18 Å². The summed E-state index contributed by atoms with van der Waals surface area (Å²) >= 11 is 0. The number of hydrogen-bond donors (Lipinski definition) is 0. The average Bonchev–Trinajstić information content (AvgIpc) is 2.16. The van der Waals surface area contributed by atoms with E-state index in [2.05, 4.69) is 9.72 Å². The Bertz CT molecular complexity index is 510. The lowest BCUT2D eigenvalue weighted by Crippen LogP contribution is -2.22. The van der Waals surface area contributed by atoms with Crippen LogP contribution >= 0.6 is 0 Å². The van der Waals surface area contributed by atoms with Crippen LogP contribution in [0.4, 0.5) is 32.0 Å². The molecule has 0 N–H and O–H groups in total. The second kappa shape index (κ2) is 4.55. The number of aryl methyl sites for hydroxylation is 1. The van der Waals surface area contributed by atoms with Gasteiger partial charge in [0.2, 0.25) is 5.75 Å². The molecule has 0 spiro atoms. The van der Waals surface area contributed by atoms with Crippen molar-refractivity contribution in [3.05, 3.63) is 27.6 Å². The third-order valence-corrected chi connectivity index (χ3v) is 1.76. The summed E-state index contributed by atoms with van der Waals surface area (Å²) < 4.78 is 76.7. The summed E-state index contributed by atoms with van der Waals surface area (Å²) in [5.41, 5.74) is -4.03. The quantitative estimate of drug-likeness (QED) is 0.476. The van der Waals surface area contributed by atoms with Crippen LogP contribution < -0.4 is 4.74 Å². The number of pyridine rings is 1. The molecule has 106 valence electrons. The third-order valence-electron chi connectivity index (χ3n) is 1.76. The van der Waals surface area contributed by atoms with Gasteiger partial charge in [-0.25, -0.2) is 4.98 Å². The first-order chi connectivity index (χ1) is 8.42. The molecule has 0 fully saturated rings. The first-order valence-electron chi connectivity index (χ1n) is 4.41. The lowest BCUT2D eigenvalue weighted by molar-refractivity contribution is -0.389. The summed E-state index contributed by atoms with van der Waals surface area (Å²) in [6, 6.07) is 0.455. The van der Waals surface area contributed by atoms with Gasteiger partial charge in [-0.05, 0) is 6.92 Å². The molecule has 0 saturated carbocycles. The molecule has 19 heavy (non-hydrogen) atoms. The minimum atomic E-state index is -5.51. The SMILES string of the molecule is Cc1cc([N+](=O)[O-])c(OC(F)(F)F)c(C(F)(F)F)n1. The molecule has 1 aromatic heterocycles. The van der Waals surface area contributed by atoms with Crippen LogP contribution in [0.5, 0.6) is 5.75 Å². The Morgan fingerprint density at radius 1 is 1.26 bits per heavy atom. The van der Waals surface area contributed by atoms with Crippen molar-refractivity contribution >= 4 is 5.69 Å². The Kier molecular flexibility index (Phi) is 3.59. The molecule has 0 bridgehead atoms. The Morgan fingerprint density at radius 2 is 1.79 bits per heavy atom. The zero-order valence-corrected chi connectivity index (χ0v) is 8.96. The fourth-order valence-corrected chi connectivity index (χ4v) is 1.19. The monoisotopic (exact) mass is 290 g/mol. The number of ether oxygens (including phenoxy) is 1. The van der Waals surface area contributed by atoms with E-state index in [-0.39, 0.29) is 0 Å². The van der Waals surface area contributed by atoms with Gasteiger partial charge in [-0.1, -0.05) is 0 Å². The van der Waals surface area contributed by atoms with Gasteiger partial charge in [0.1, 0.15) is 0 Å². The van der Waals surface area contributed by atoms with E-state index < -0.39 is 40.3 Å². The van der Waals surface area contributed by atoms with Crippen LogP contribution in [-0.4, -0.2) is 16.3 Å². The first-order valence-corrected chi connectivity index (χ1v) is 4.41. The lowest BCUT2D eigenvalue weighted by atomic mass is 10.2. The molecular weight excluding hydrogens is 286 g/mol. The number of nitrogens with zero attached hydrogens (tertiary/aromatic N) is 2. The summed E-state index contributed by atoms with van der Waals surface area (Å²) in [5.74, 6) is -1.98. The molecule has 11 heteroatoms. The second-order valence-electron chi connectivity index (χ2n) is 3.26. The third kappa shape index (κ3) is 3.69. The van der Waals surface area contributed by atoms with E-state index in [9.17, 15) is 36.5 Å². The Balaban J connectivity index is 3.57. The number of rotatable bonds is 2. The summed E-state index contributed by atoms with van der Waals surface area (Å²) in [6.45, 7) is 0.972. The van der Waals surface area contributed by atoms with E-state index in [0.29, 0.717) is 6.07 Å². The van der Waals surface area contributed by atoms with Gasteiger partial charge in [-0.3, -0.25) is 10.1 Å². The van der Waals surface area contributed by atoms with Gasteiger partial charge in [-0.15, -0.1) is 13.2 Å². The fraction of sp³-hybridized carbons (Fsp3) is 0.375. The van der Waals surface area contributed by atoms with Crippen LogP contribution in [0.3, 0.4) is 0 Å². The van der Waals surface area contributed by atoms with E-state index >= 15 is 0 Å². The van der Waals surface area contributed by atoms with Crippen molar-refractivity contribution in [1.82, 2.24) is 4.98 Å². The zero-order valence-electron chi connectivity index (χ0n) is 8.96. The second-order valence-corrected chi connectivity index (χ2v) is 3.26. The highest BCUT2D eigenvalue weighted by atomic mass is 19.4. The van der Waals surface area contributed by atoms with Crippen LogP contribution in [0.2, 0.25) is 0 Å². The lowest BCUT2D eigenvalue weighted by Gasteiger charge is -2.14. The topological polar surface area (TPSA) is 65.3 Å². The molecule has 0 unspecified atom stereocenters. The van der Waals surface area contributed by atoms with Crippen LogP contribution in [0, 0.1) is 17.0 Å². The number of aromatic nitrogens is 1.